The van der Waals surface area contributed by atoms with Crippen molar-refractivity contribution in [2.45, 2.75) is 13.5 Å². The Labute approximate surface area is 85.0 Å². The van der Waals surface area contributed by atoms with Gasteiger partial charge in [-0.05, 0) is 12.5 Å². The Morgan fingerprint density at radius 1 is 1.29 bits per heavy atom. The standard InChI is InChI=1S/C11H11BN2/c1-9-11(12)8-14(13-9)7-10-5-3-2-4-6-10/h2-6,8H,7H2,1H3. The maximum absolute atomic E-state index is 5.71. The van der Waals surface area contributed by atoms with Gasteiger partial charge in [-0.25, -0.2) is 0 Å². The minimum atomic E-state index is 0.751. The van der Waals surface area contributed by atoms with Crippen molar-refractivity contribution < 1.29 is 0 Å². The van der Waals surface area contributed by atoms with Crippen molar-refractivity contribution in [3.8, 4) is 0 Å². The summed E-state index contributed by atoms with van der Waals surface area (Å²) in [5, 5.41) is 4.30. The largest absolute Gasteiger partial charge is 0.269 e. The molecule has 0 aliphatic carbocycles. The molecule has 3 heteroatoms. The van der Waals surface area contributed by atoms with E-state index >= 15 is 0 Å². The van der Waals surface area contributed by atoms with Crippen LogP contribution >= 0.6 is 0 Å². The molecule has 0 bridgehead atoms. The van der Waals surface area contributed by atoms with Crippen LogP contribution in [0.3, 0.4) is 0 Å². The van der Waals surface area contributed by atoms with Crippen LogP contribution in [0.5, 0.6) is 0 Å². The molecule has 0 unspecified atom stereocenters. The zero-order chi connectivity index (χ0) is 9.97. The van der Waals surface area contributed by atoms with Gasteiger partial charge in [-0.15, -0.1) is 0 Å². The van der Waals surface area contributed by atoms with Crippen molar-refractivity contribution in [1.82, 2.24) is 9.78 Å². The minimum absolute atomic E-state index is 0.751. The molecule has 0 atom stereocenters. The number of aryl methyl sites for hydroxylation is 1. The van der Waals surface area contributed by atoms with E-state index in [1.807, 2.05) is 36.0 Å². The van der Waals surface area contributed by atoms with Crippen molar-refractivity contribution in [3.63, 3.8) is 0 Å². The topological polar surface area (TPSA) is 17.8 Å². The normalized spacial score (nSPS) is 10.4. The quantitative estimate of drug-likeness (QED) is 0.634. The monoisotopic (exact) mass is 182 g/mol. The Morgan fingerprint density at radius 3 is 2.57 bits per heavy atom. The molecule has 0 fully saturated rings. The summed E-state index contributed by atoms with van der Waals surface area (Å²) in [5.41, 5.74) is 2.87. The molecule has 68 valence electrons. The average molecular weight is 182 g/mol. The molecule has 1 aromatic heterocycles. The van der Waals surface area contributed by atoms with Gasteiger partial charge in [0.15, 0.2) is 0 Å². The van der Waals surface area contributed by atoms with Crippen molar-refractivity contribution in [1.29, 1.82) is 0 Å². The fraction of sp³-hybridized carbons (Fsp3) is 0.182. The van der Waals surface area contributed by atoms with E-state index in [0.29, 0.717) is 0 Å². The molecule has 2 radical (unpaired) electrons. The lowest BCUT2D eigenvalue weighted by atomic mass is 9.98. The summed E-state index contributed by atoms with van der Waals surface area (Å²) in [4.78, 5) is 0. The second kappa shape index (κ2) is 3.70. The molecule has 0 saturated carbocycles. The molecule has 2 rings (SSSR count). The smallest absolute Gasteiger partial charge is 0.118 e. The highest BCUT2D eigenvalue weighted by Crippen LogP contribution is 2.01. The Kier molecular flexibility index (Phi) is 2.40. The lowest BCUT2D eigenvalue weighted by molar-refractivity contribution is 0.679. The fourth-order valence-corrected chi connectivity index (χ4v) is 1.38. The predicted molar refractivity (Wildman–Crippen MR) is 57.9 cm³/mol. The third-order valence-corrected chi connectivity index (χ3v) is 2.17. The highest BCUT2D eigenvalue weighted by molar-refractivity contribution is 6.32. The van der Waals surface area contributed by atoms with Gasteiger partial charge < -0.3 is 0 Å². The number of hydrogen-bond acceptors (Lipinski definition) is 1. The highest BCUT2D eigenvalue weighted by Gasteiger charge is 1.99. The summed E-state index contributed by atoms with van der Waals surface area (Å²) in [5.74, 6) is 0. The van der Waals surface area contributed by atoms with Crippen LogP contribution in [0, 0.1) is 6.92 Å². The molecule has 0 aliphatic rings. The first-order chi connectivity index (χ1) is 6.75. The van der Waals surface area contributed by atoms with Gasteiger partial charge in [-0.1, -0.05) is 35.8 Å². The third kappa shape index (κ3) is 1.87. The summed E-state index contributed by atoms with van der Waals surface area (Å²) in [6.07, 6.45) is 1.86. The Morgan fingerprint density at radius 2 is 2.00 bits per heavy atom. The third-order valence-electron chi connectivity index (χ3n) is 2.17. The van der Waals surface area contributed by atoms with Gasteiger partial charge in [-0.2, -0.15) is 5.10 Å². The summed E-state index contributed by atoms with van der Waals surface area (Å²) >= 11 is 0. The van der Waals surface area contributed by atoms with E-state index in [-0.39, 0.29) is 0 Å². The zero-order valence-electron chi connectivity index (χ0n) is 8.14. The summed E-state index contributed by atoms with van der Waals surface area (Å²) in [6, 6.07) is 10.2. The van der Waals surface area contributed by atoms with Gasteiger partial charge in [0.1, 0.15) is 7.85 Å². The van der Waals surface area contributed by atoms with Crippen molar-refractivity contribution >= 4 is 13.3 Å². The first-order valence-electron chi connectivity index (χ1n) is 4.59. The minimum Gasteiger partial charge on any atom is -0.269 e. The molecule has 0 N–H and O–H groups in total. The van der Waals surface area contributed by atoms with E-state index in [1.54, 1.807) is 0 Å². The molecule has 1 aromatic carbocycles. The zero-order valence-corrected chi connectivity index (χ0v) is 8.14. The lowest BCUT2D eigenvalue weighted by Crippen LogP contribution is -2.02. The summed E-state index contributed by atoms with van der Waals surface area (Å²) in [6.45, 7) is 2.69. The van der Waals surface area contributed by atoms with E-state index in [4.69, 9.17) is 7.85 Å². The van der Waals surface area contributed by atoms with E-state index in [2.05, 4.69) is 17.2 Å². The summed E-state index contributed by atoms with van der Waals surface area (Å²) < 4.78 is 1.86. The molecular formula is C11H11BN2. The average Bonchev–Trinajstić information content (AvgIpc) is 2.47. The molecule has 2 aromatic rings. The molecule has 0 saturated heterocycles. The number of rotatable bonds is 2. The van der Waals surface area contributed by atoms with Gasteiger partial charge in [0.05, 0.1) is 12.2 Å². The van der Waals surface area contributed by atoms with Crippen LogP contribution in [-0.4, -0.2) is 17.6 Å². The molecule has 1 heterocycles. The van der Waals surface area contributed by atoms with Crippen molar-refractivity contribution in [2.24, 2.45) is 0 Å². The predicted octanol–water partition coefficient (Wildman–Crippen LogP) is 1.03. The Balaban J connectivity index is 2.19. The maximum Gasteiger partial charge on any atom is 0.118 e. The molecule has 0 amide bonds. The Hall–Kier alpha value is -1.51. The fourth-order valence-electron chi connectivity index (χ4n) is 1.38. The number of nitrogens with zero attached hydrogens (tertiary/aromatic N) is 2. The molecule has 0 aliphatic heterocycles. The van der Waals surface area contributed by atoms with E-state index in [1.165, 1.54) is 5.56 Å². The Bertz CT molecular complexity index is 401. The molecule has 2 nitrogen and oxygen atoms in total. The second-order valence-electron chi connectivity index (χ2n) is 3.35. The van der Waals surface area contributed by atoms with Gasteiger partial charge in [0.2, 0.25) is 0 Å². The van der Waals surface area contributed by atoms with Gasteiger partial charge in [0.25, 0.3) is 0 Å². The SMILES string of the molecule is [B]c1cn(Cc2ccccc2)nc1C. The van der Waals surface area contributed by atoms with E-state index in [9.17, 15) is 0 Å². The van der Waals surface area contributed by atoms with Crippen molar-refractivity contribution in [3.05, 3.63) is 47.8 Å². The maximum atomic E-state index is 5.71. The van der Waals surface area contributed by atoms with Crippen LogP contribution in [0.15, 0.2) is 36.5 Å². The van der Waals surface area contributed by atoms with Crippen LogP contribution in [-0.2, 0) is 6.54 Å². The van der Waals surface area contributed by atoms with E-state index < -0.39 is 0 Å². The van der Waals surface area contributed by atoms with Crippen LogP contribution in [0.1, 0.15) is 11.3 Å². The molecule has 0 spiro atoms. The number of benzene rings is 1. The van der Waals surface area contributed by atoms with Gasteiger partial charge in [0, 0.05) is 6.20 Å². The van der Waals surface area contributed by atoms with Gasteiger partial charge >= 0.3 is 0 Å². The van der Waals surface area contributed by atoms with Crippen LogP contribution in [0.2, 0.25) is 0 Å². The van der Waals surface area contributed by atoms with Gasteiger partial charge in [-0.3, -0.25) is 4.68 Å². The van der Waals surface area contributed by atoms with Crippen LogP contribution < -0.4 is 5.46 Å². The van der Waals surface area contributed by atoms with Crippen molar-refractivity contribution in [2.75, 3.05) is 0 Å². The molecule has 14 heavy (non-hydrogen) atoms. The van der Waals surface area contributed by atoms with E-state index in [0.717, 1.165) is 17.7 Å². The summed E-state index contributed by atoms with van der Waals surface area (Å²) in [7, 11) is 5.71. The number of hydrogen-bond donors (Lipinski definition) is 0. The molecular weight excluding hydrogens is 171 g/mol. The highest BCUT2D eigenvalue weighted by atomic mass is 15.3. The first kappa shape index (κ1) is 9.07. The second-order valence-corrected chi connectivity index (χ2v) is 3.35. The van der Waals surface area contributed by atoms with Crippen LogP contribution in [0.4, 0.5) is 0 Å². The van der Waals surface area contributed by atoms with Crippen LogP contribution in [0.25, 0.3) is 0 Å². The first-order valence-corrected chi connectivity index (χ1v) is 4.59. The lowest BCUT2D eigenvalue weighted by Gasteiger charge is -2.00. The number of aromatic nitrogens is 2.